The molecule has 2 heteroatoms. The van der Waals surface area contributed by atoms with E-state index in [0.717, 1.165) is 5.92 Å². The van der Waals surface area contributed by atoms with Gasteiger partial charge in [-0.15, -0.1) is 0 Å². The maximum Gasteiger partial charge on any atom is 0.0335 e. The molecule has 0 amide bonds. The highest BCUT2D eigenvalue weighted by molar-refractivity contribution is 5.20. The molecule has 16 heavy (non-hydrogen) atoms. The van der Waals surface area contributed by atoms with Gasteiger partial charge in [0, 0.05) is 18.4 Å². The van der Waals surface area contributed by atoms with Gasteiger partial charge in [0.2, 0.25) is 0 Å². The Morgan fingerprint density at radius 1 is 1.25 bits per heavy atom. The summed E-state index contributed by atoms with van der Waals surface area (Å²) in [5.74, 6) is 0.804. The lowest BCUT2D eigenvalue weighted by Gasteiger charge is -2.21. The second kappa shape index (κ2) is 6.64. The lowest BCUT2D eigenvalue weighted by molar-refractivity contribution is 0.385. The molecular formula is C14H24N2. The van der Waals surface area contributed by atoms with Gasteiger partial charge < -0.3 is 5.32 Å². The van der Waals surface area contributed by atoms with E-state index in [4.69, 9.17) is 0 Å². The first-order valence-electron chi connectivity index (χ1n) is 6.30. The molecule has 1 unspecified atom stereocenters. The SMILES string of the molecule is CCC(CC)CC(NC)c1cncc(C)c1. The highest BCUT2D eigenvalue weighted by Gasteiger charge is 2.14. The number of hydrogen-bond donors (Lipinski definition) is 1. The first-order chi connectivity index (χ1) is 7.71. The topological polar surface area (TPSA) is 24.9 Å². The van der Waals surface area contributed by atoms with Crippen LogP contribution in [0.2, 0.25) is 0 Å². The zero-order chi connectivity index (χ0) is 12.0. The van der Waals surface area contributed by atoms with Crippen LogP contribution in [0.4, 0.5) is 0 Å². The molecule has 0 aliphatic rings. The van der Waals surface area contributed by atoms with Crippen LogP contribution < -0.4 is 5.32 Å². The number of nitrogens with zero attached hydrogens (tertiary/aromatic N) is 1. The Morgan fingerprint density at radius 3 is 2.44 bits per heavy atom. The van der Waals surface area contributed by atoms with Crippen LogP contribution in [0.5, 0.6) is 0 Å². The molecule has 1 rings (SSSR count). The quantitative estimate of drug-likeness (QED) is 0.794. The number of aryl methyl sites for hydroxylation is 1. The largest absolute Gasteiger partial charge is 0.313 e. The van der Waals surface area contributed by atoms with E-state index in [0.29, 0.717) is 6.04 Å². The van der Waals surface area contributed by atoms with Gasteiger partial charge in [0.1, 0.15) is 0 Å². The number of rotatable bonds is 6. The van der Waals surface area contributed by atoms with Gasteiger partial charge in [-0.05, 0) is 37.4 Å². The van der Waals surface area contributed by atoms with Crippen LogP contribution in [-0.4, -0.2) is 12.0 Å². The number of aromatic nitrogens is 1. The third-order valence-corrected chi connectivity index (χ3v) is 3.37. The standard InChI is InChI=1S/C14H24N2/c1-5-12(6-2)8-14(15-4)13-7-11(3)9-16-10-13/h7,9-10,12,14-15H,5-6,8H2,1-4H3. The average Bonchev–Trinajstić information content (AvgIpc) is 2.31. The van der Waals surface area contributed by atoms with E-state index in [1.807, 2.05) is 19.4 Å². The average molecular weight is 220 g/mol. The van der Waals surface area contributed by atoms with E-state index in [2.05, 4.69) is 37.1 Å². The van der Waals surface area contributed by atoms with Crippen LogP contribution >= 0.6 is 0 Å². The zero-order valence-corrected chi connectivity index (χ0v) is 11.0. The molecular weight excluding hydrogens is 196 g/mol. The Kier molecular flexibility index (Phi) is 5.47. The van der Waals surface area contributed by atoms with E-state index in [-0.39, 0.29) is 0 Å². The van der Waals surface area contributed by atoms with Crippen LogP contribution in [0.25, 0.3) is 0 Å². The molecule has 0 aliphatic carbocycles. The van der Waals surface area contributed by atoms with Crippen LogP contribution in [0.1, 0.15) is 50.3 Å². The van der Waals surface area contributed by atoms with Gasteiger partial charge in [-0.3, -0.25) is 4.98 Å². The fraction of sp³-hybridized carbons (Fsp3) is 0.643. The van der Waals surface area contributed by atoms with Crippen LogP contribution in [0.15, 0.2) is 18.5 Å². The first-order valence-corrected chi connectivity index (χ1v) is 6.30. The zero-order valence-electron chi connectivity index (χ0n) is 11.0. The molecule has 1 atom stereocenters. The van der Waals surface area contributed by atoms with Crippen molar-refractivity contribution in [1.82, 2.24) is 10.3 Å². The summed E-state index contributed by atoms with van der Waals surface area (Å²) in [7, 11) is 2.04. The van der Waals surface area contributed by atoms with Crippen LogP contribution in [0, 0.1) is 12.8 Å². The van der Waals surface area contributed by atoms with Gasteiger partial charge in [-0.1, -0.05) is 32.8 Å². The Bertz CT molecular complexity index is 305. The molecule has 0 radical (unpaired) electrons. The summed E-state index contributed by atoms with van der Waals surface area (Å²) in [6.07, 6.45) is 7.61. The summed E-state index contributed by atoms with van der Waals surface area (Å²) in [6, 6.07) is 2.67. The summed E-state index contributed by atoms with van der Waals surface area (Å²) >= 11 is 0. The van der Waals surface area contributed by atoms with Crippen molar-refractivity contribution in [2.75, 3.05) is 7.05 Å². The third kappa shape index (κ3) is 3.60. The van der Waals surface area contributed by atoms with Crippen molar-refractivity contribution in [2.24, 2.45) is 5.92 Å². The highest BCUT2D eigenvalue weighted by atomic mass is 14.9. The van der Waals surface area contributed by atoms with Crippen molar-refractivity contribution >= 4 is 0 Å². The van der Waals surface area contributed by atoms with Gasteiger partial charge in [-0.25, -0.2) is 0 Å². The fourth-order valence-electron chi connectivity index (χ4n) is 2.14. The van der Waals surface area contributed by atoms with Crippen LogP contribution in [0.3, 0.4) is 0 Å². The predicted molar refractivity (Wildman–Crippen MR) is 69.5 cm³/mol. The lowest BCUT2D eigenvalue weighted by Crippen LogP contribution is -2.20. The van der Waals surface area contributed by atoms with Gasteiger partial charge in [0.25, 0.3) is 0 Å². The third-order valence-electron chi connectivity index (χ3n) is 3.37. The summed E-state index contributed by atoms with van der Waals surface area (Å²) in [5.41, 5.74) is 2.55. The minimum Gasteiger partial charge on any atom is -0.313 e. The van der Waals surface area contributed by atoms with Crippen molar-refractivity contribution in [1.29, 1.82) is 0 Å². The maximum absolute atomic E-state index is 4.27. The Morgan fingerprint density at radius 2 is 1.94 bits per heavy atom. The number of hydrogen-bond acceptors (Lipinski definition) is 2. The molecule has 0 aromatic carbocycles. The predicted octanol–water partition coefficient (Wildman–Crippen LogP) is 3.48. The highest BCUT2D eigenvalue weighted by Crippen LogP contribution is 2.24. The van der Waals surface area contributed by atoms with E-state index >= 15 is 0 Å². The lowest BCUT2D eigenvalue weighted by atomic mass is 9.91. The second-order valence-corrected chi connectivity index (χ2v) is 4.56. The molecule has 0 fully saturated rings. The molecule has 0 aliphatic heterocycles. The molecule has 0 saturated carbocycles. The smallest absolute Gasteiger partial charge is 0.0335 e. The maximum atomic E-state index is 4.27. The van der Waals surface area contributed by atoms with Crippen LogP contribution in [-0.2, 0) is 0 Å². The molecule has 1 aromatic heterocycles. The van der Waals surface area contributed by atoms with E-state index in [9.17, 15) is 0 Å². The number of nitrogens with one attached hydrogen (secondary N) is 1. The molecule has 1 N–H and O–H groups in total. The summed E-state index contributed by atoms with van der Waals surface area (Å²) in [4.78, 5) is 4.27. The minimum atomic E-state index is 0.442. The first kappa shape index (κ1) is 13.2. The normalized spacial score (nSPS) is 13.1. The second-order valence-electron chi connectivity index (χ2n) is 4.56. The van der Waals surface area contributed by atoms with Crippen molar-refractivity contribution in [3.05, 3.63) is 29.6 Å². The van der Waals surface area contributed by atoms with E-state index < -0.39 is 0 Å². The van der Waals surface area contributed by atoms with Crippen molar-refractivity contribution < 1.29 is 0 Å². The van der Waals surface area contributed by atoms with Gasteiger partial charge in [0.05, 0.1) is 0 Å². The summed E-state index contributed by atoms with van der Waals surface area (Å²) in [6.45, 7) is 6.64. The Labute approximate surface area is 99.5 Å². The molecule has 90 valence electrons. The molecule has 1 aromatic rings. The van der Waals surface area contributed by atoms with Gasteiger partial charge >= 0.3 is 0 Å². The fourth-order valence-corrected chi connectivity index (χ4v) is 2.14. The van der Waals surface area contributed by atoms with Crippen molar-refractivity contribution in [3.63, 3.8) is 0 Å². The van der Waals surface area contributed by atoms with Gasteiger partial charge in [0.15, 0.2) is 0 Å². The minimum absolute atomic E-state index is 0.442. The molecule has 0 spiro atoms. The monoisotopic (exact) mass is 220 g/mol. The molecule has 0 saturated heterocycles. The summed E-state index contributed by atoms with van der Waals surface area (Å²) < 4.78 is 0. The van der Waals surface area contributed by atoms with E-state index in [1.54, 1.807) is 0 Å². The number of pyridine rings is 1. The summed E-state index contributed by atoms with van der Waals surface area (Å²) in [5, 5.41) is 3.40. The molecule has 2 nitrogen and oxygen atoms in total. The van der Waals surface area contributed by atoms with Gasteiger partial charge in [-0.2, -0.15) is 0 Å². The Hall–Kier alpha value is -0.890. The van der Waals surface area contributed by atoms with E-state index in [1.165, 1.54) is 30.4 Å². The molecule has 1 heterocycles. The Balaban J connectivity index is 2.74. The van der Waals surface area contributed by atoms with Crippen molar-refractivity contribution in [2.45, 2.75) is 46.1 Å². The van der Waals surface area contributed by atoms with Crippen molar-refractivity contribution in [3.8, 4) is 0 Å². The molecule has 0 bridgehead atoms.